The standard InChI is InChI=1S/C33H23F6NO3S/c34-32(35,36)23-9-4-20(5-10-23)6-13-25-16-21(17-28(40-25)22-7-11-24(12-8-22)33(37,38)39)19-44-30-15-14-29(43-18-31(41)42)26-2-1-3-27(26)30/h4-5,7-12,14-17H,1-3,18-19H2,(H,41,42). The van der Waals surface area contributed by atoms with Gasteiger partial charge in [0.05, 0.1) is 16.8 Å². The third-order valence-electron chi connectivity index (χ3n) is 6.88. The lowest BCUT2D eigenvalue weighted by atomic mass is 10.1. The zero-order valence-corrected chi connectivity index (χ0v) is 23.7. The predicted molar refractivity (Wildman–Crippen MR) is 153 cm³/mol. The molecular formula is C33H23F6NO3S. The maximum Gasteiger partial charge on any atom is 0.416 e. The van der Waals surface area contributed by atoms with Gasteiger partial charge in [-0.3, -0.25) is 0 Å². The van der Waals surface area contributed by atoms with Crippen molar-refractivity contribution in [2.75, 3.05) is 6.61 Å². The van der Waals surface area contributed by atoms with E-state index in [2.05, 4.69) is 16.8 Å². The number of hydrogen-bond acceptors (Lipinski definition) is 4. The quantitative estimate of drug-likeness (QED) is 0.127. The predicted octanol–water partition coefficient (Wildman–Crippen LogP) is 8.43. The zero-order valence-electron chi connectivity index (χ0n) is 22.9. The molecule has 0 aliphatic heterocycles. The SMILES string of the molecule is O=C(O)COc1ccc(SCc2cc(C#Cc3ccc(C(F)(F)F)cc3)nc(-c3ccc(C(F)(F)F)cc3)c2)c2c1CCC2. The highest BCUT2D eigenvalue weighted by molar-refractivity contribution is 7.98. The minimum Gasteiger partial charge on any atom is -0.482 e. The summed E-state index contributed by atoms with van der Waals surface area (Å²) in [4.78, 5) is 16.5. The van der Waals surface area contributed by atoms with E-state index in [4.69, 9.17) is 9.84 Å². The van der Waals surface area contributed by atoms with Crippen molar-refractivity contribution in [1.29, 1.82) is 0 Å². The van der Waals surface area contributed by atoms with E-state index < -0.39 is 36.1 Å². The van der Waals surface area contributed by atoms with Crippen molar-refractivity contribution in [3.05, 3.63) is 112 Å². The van der Waals surface area contributed by atoms with Gasteiger partial charge in [-0.15, -0.1) is 11.8 Å². The Hall–Kier alpha value is -4.43. The van der Waals surface area contributed by atoms with Gasteiger partial charge in [-0.2, -0.15) is 26.3 Å². The van der Waals surface area contributed by atoms with Crippen LogP contribution in [0.5, 0.6) is 5.75 Å². The van der Waals surface area contributed by atoms with E-state index in [9.17, 15) is 31.1 Å². The molecule has 0 bridgehead atoms. The van der Waals surface area contributed by atoms with Crippen molar-refractivity contribution in [2.24, 2.45) is 0 Å². The molecule has 0 fully saturated rings. The molecule has 0 saturated carbocycles. The van der Waals surface area contributed by atoms with Crippen LogP contribution < -0.4 is 4.74 Å². The van der Waals surface area contributed by atoms with Gasteiger partial charge in [0.2, 0.25) is 0 Å². The van der Waals surface area contributed by atoms with E-state index >= 15 is 0 Å². The van der Waals surface area contributed by atoms with E-state index in [0.717, 1.165) is 65.1 Å². The lowest BCUT2D eigenvalue weighted by Crippen LogP contribution is -2.10. The fourth-order valence-corrected chi connectivity index (χ4v) is 5.85. The molecule has 4 aromatic rings. The average molecular weight is 628 g/mol. The summed E-state index contributed by atoms with van der Waals surface area (Å²) in [7, 11) is 0. The number of carboxylic acids is 1. The summed E-state index contributed by atoms with van der Waals surface area (Å²) in [5.41, 5.74) is 2.78. The van der Waals surface area contributed by atoms with Crippen LogP contribution in [0.25, 0.3) is 11.3 Å². The minimum absolute atomic E-state index is 0.306. The molecule has 1 N–H and O–H groups in total. The fourth-order valence-electron chi connectivity index (χ4n) is 4.80. The summed E-state index contributed by atoms with van der Waals surface area (Å²) in [6, 6.07) is 16.2. The third-order valence-corrected chi connectivity index (χ3v) is 8.06. The number of fused-ring (bicyclic) bond motifs is 1. The van der Waals surface area contributed by atoms with E-state index in [-0.39, 0.29) is 0 Å². The molecule has 0 radical (unpaired) electrons. The molecule has 1 aliphatic carbocycles. The number of carbonyl (C=O) groups is 1. The maximum atomic E-state index is 13.1. The van der Waals surface area contributed by atoms with E-state index in [1.165, 1.54) is 24.3 Å². The maximum absolute atomic E-state index is 13.1. The van der Waals surface area contributed by atoms with Gasteiger partial charge in [0.15, 0.2) is 6.61 Å². The number of aromatic nitrogens is 1. The molecule has 44 heavy (non-hydrogen) atoms. The normalized spacial score (nSPS) is 12.8. The second kappa shape index (κ2) is 12.7. The Balaban J connectivity index is 1.44. The Kier molecular flexibility index (Phi) is 8.92. The first-order valence-corrected chi connectivity index (χ1v) is 14.4. The Bertz CT molecular complexity index is 1740. The van der Waals surface area contributed by atoms with Crippen molar-refractivity contribution in [3.8, 4) is 28.8 Å². The summed E-state index contributed by atoms with van der Waals surface area (Å²) in [5, 5.41) is 8.97. The van der Waals surface area contributed by atoms with Gasteiger partial charge in [-0.05, 0) is 103 Å². The van der Waals surface area contributed by atoms with Gasteiger partial charge in [0.1, 0.15) is 11.4 Å². The number of pyridine rings is 1. The third kappa shape index (κ3) is 7.55. The van der Waals surface area contributed by atoms with Crippen molar-refractivity contribution in [2.45, 2.75) is 42.3 Å². The first kappa shape index (κ1) is 31.0. The van der Waals surface area contributed by atoms with Crippen LogP contribution in [-0.4, -0.2) is 22.7 Å². The highest BCUT2D eigenvalue weighted by Gasteiger charge is 2.30. The lowest BCUT2D eigenvalue weighted by molar-refractivity contribution is -0.139. The Morgan fingerprint density at radius 1 is 0.841 bits per heavy atom. The molecule has 5 rings (SSSR count). The summed E-state index contributed by atoms with van der Waals surface area (Å²) >= 11 is 1.55. The number of rotatable bonds is 7. The molecular weight excluding hydrogens is 604 g/mol. The number of hydrogen-bond donors (Lipinski definition) is 1. The molecule has 1 aliphatic rings. The van der Waals surface area contributed by atoms with Gasteiger partial charge in [0, 0.05) is 21.8 Å². The van der Waals surface area contributed by atoms with Gasteiger partial charge in [-0.1, -0.05) is 18.1 Å². The topological polar surface area (TPSA) is 59.4 Å². The van der Waals surface area contributed by atoms with Gasteiger partial charge < -0.3 is 9.84 Å². The van der Waals surface area contributed by atoms with Crippen LogP contribution in [0.4, 0.5) is 26.3 Å². The van der Waals surface area contributed by atoms with Crippen molar-refractivity contribution >= 4 is 17.7 Å². The number of alkyl halides is 6. The zero-order chi connectivity index (χ0) is 31.5. The molecule has 4 nitrogen and oxygen atoms in total. The van der Waals surface area contributed by atoms with Crippen LogP contribution in [0.15, 0.2) is 77.7 Å². The van der Waals surface area contributed by atoms with E-state index in [1.54, 1.807) is 30.0 Å². The smallest absolute Gasteiger partial charge is 0.416 e. The first-order valence-electron chi connectivity index (χ1n) is 13.4. The number of benzene rings is 3. The van der Waals surface area contributed by atoms with Crippen LogP contribution in [0.2, 0.25) is 0 Å². The Morgan fingerprint density at radius 3 is 2.11 bits per heavy atom. The number of ether oxygens (including phenoxy) is 1. The highest BCUT2D eigenvalue weighted by atomic mass is 32.2. The van der Waals surface area contributed by atoms with Gasteiger partial charge >= 0.3 is 18.3 Å². The van der Waals surface area contributed by atoms with E-state index in [0.29, 0.717) is 34.0 Å². The molecule has 0 amide bonds. The van der Waals surface area contributed by atoms with Crippen LogP contribution >= 0.6 is 11.8 Å². The molecule has 1 heterocycles. The summed E-state index contributed by atoms with van der Waals surface area (Å²) in [6.07, 6.45) is -6.46. The molecule has 1 aromatic heterocycles. The fraction of sp³-hybridized carbons (Fsp3) is 0.212. The van der Waals surface area contributed by atoms with Crippen molar-refractivity contribution in [3.63, 3.8) is 0 Å². The summed E-state index contributed by atoms with van der Waals surface area (Å²) in [6.45, 7) is -0.432. The number of halogens is 6. The van der Waals surface area contributed by atoms with Crippen molar-refractivity contribution < 1.29 is 41.0 Å². The summed E-state index contributed by atoms with van der Waals surface area (Å²) in [5.74, 6) is 5.66. The number of carboxylic acid groups (broad SMARTS) is 1. The summed E-state index contributed by atoms with van der Waals surface area (Å²) < 4.78 is 83.6. The lowest BCUT2D eigenvalue weighted by Gasteiger charge is -2.14. The first-order chi connectivity index (χ1) is 20.9. The van der Waals surface area contributed by atoms with Crippen LogP contribution in [0.1, 0.15) is 45.5 Å². The van der Waals surface area contributed by atoms with Crippen LogP contribution in [0, 0.1) is 11.8 Å². The molecule has 226 valence electrons. The minimum atomic E-state index is -4.49. The van der Waals surface area contributed by atoms with Crippen LogP contribution in [-0.2, 0) is 35.7 Å². The van der Waals surface area contributed by atoms with Crippen molar-refractivity contribution in [1.82, 2.24) is 4.98 Å². The average Bonchev–Trinajstić information content (AvgIpc) is 3.48. The molecule has 0 unspecified atom stereocenters. The Morgan fingerprint density at radius 2 is 1.48 bits per heavy atom. The monoisotopic (exact) mass is 627 g/mol. The molecule has 11 heteroatoms. The van der Waals surface area contributed by atoms with Gasteiger partial charge in [-0.25, -0.2) is 9.78 Å². The highest BCUT2D eigenvalue weighted by Crippen LogP contribution is 2.39. The Labute approximate surface area is 253 Å². The second-order valence-electron chi connectivity index (χ2n) is 9.99. The molecule has 0 atom stereocenters. The molecule has 0 spiro atoms. The van der Waals surface area contributed by atoms with E-state index in [1.807, 2.05) is 6.07 Å². The molecule has 0 saturated heterocycles. The van der Waals surface area contributed by atoms with Gasteiger partial charge in [0.25, 0.3) is 0 Å². The number of nitrogens with zero attached hydrogens (tertiary/aromatic N) is 1. The largest absolute Gasteiger partial charge is 0.482 e. The number of thioether (sulfide) groups is 1. The second-order valence-corrected chi connectivity index (χ2v) is 11.0. The number of aliphatic carboxylic acids is 1. The molecule has 3 aromatic carbocycles. The van der Waals surface area contributed by atoms with Crippen LogP contribution in [0.3, 0.4) is 0 Å².